The second-order valence-electron chi connectivity index (χ2n) is 4.68. The maximum Gasteiger partial charge on any atom is 0.322 e. The number of hydrogen-bond acceptors (Lipinski definition) is 5. The summed E-state index contributed by atoms with van der Waals surface area (Å²) < 4.78 is 4.56. The van der Waals surface area contributed by atoms with E-state index in [2.05, 4.69) is 4.74 Å². The number of ketones is 2. The molecule has 0 heterocycles. The summed E-state index contributed by atoms with van der Waals surface area (Å²) in [6.45, 7) is 1.39. The molecule has 0 saturated carbocycles. The molecular weight excluding hydrogens is 246 g/mol. The standard InChI is InChI=1S/C14H19NO4/c1-9(16)7-13(17)11-5-3-10(4-6-11)8-12(15)14(18)19-2/h3,5-6,10,12H,4,7-8,15H2,1-2H3/t10?,12-/m0/s1. The fourth-order valence-electron chi connectivity index (χ4n) is 1.95. The van der Waals surface area contributed by atoms with Gasteiger partial charge in [-0.05, 0) is 25.7 Å². The SMILES string of the molecule is COC(=O)[C@@H](N)CC1C=CC(C(=O)CC(C)=O)=CC1. The van der Waals surface area contributed by atoms with E-state index in [4.69, 9.17) is 5.73 Å². The Balaban J connectivity index is 2.50. The lowest BCUT2D eigenvalue weighted by atomic mass is 9.89. The number of Topliss-reactive ketones (excluding diaryl/α,β-unsaturated/α-hetero) is 2. The van der Waals surface area contributed by atoms with Gasteiger partial charge < -0.3 is 10.5 Å². The van der Waals surface area contributed by atoms with Crippen LogP contribution in [0, 0.1) is 5.92 Å². The third-order valence-electron chi connectivity index (χ3n) is 2.98. The van der Waals surface area contributed by atoms with E-state index in [1.54, 1.807) is 12.2 Å². The van der Waals surface area contributed by atoms with E-state index in [-0.39, 0.29) is 23.9 Å². The zero-order chi connectivity index (χ0) is 14.4. The predicted molar refractivity (Wildman–Crippen MR) is 70.2 cm³/mol. The lowest BCUT2D eigenvalue weighted by molar-refractivity contribution is -0.142. The molecule has 1 aliphatic carbocycles. The molecule has 0 aromatic heterocycles. The first kappa shape index (κ1) is 15.3. The molecule has 0 aliphatic heterocycles. The lowest BCUT2D eigenvalue weighted by Crippen LogP contribution is -2.33. The number of carbonyl (C=O) groups excluding carboxylic acids is 3. The third-order valence-corrected chi connectivity index (χ3v) is 2.98. The van der Waals surface area contributed by atoms with Crippen molar-refractivity contribution in [1.82, 2.24) is 0 Å². The van der Waals surface area contributed by atoms with Crippen molar-refractivity contribution < 1.29 is 19.1 Å². The summed E-state index contributed by atoms with van der Waals surface area (Å²) in [5.74, 6) is -0.632. The molecule has 5 heteroatoms. The van der Waals surface area contributed by atoms with Gasteiger partial charge in [0.1, 0.15) is 11.8 Å². The summed E-state index contributed by atoms with van der Waals surface area (Å²) in [6, 6.07) is -0.650. The molecule has 0 saturated heterocycles. The molecule has 2 N–H and O–H groups in total. The lowest BCUT2D eigenvalue weighted by Gasteiger charge is -2.18. The van der Waals surface area contributed by atoms with Gasteiger partial charge in [-0.2, -0.15) is 0 Å². The van der Waals surface area contributed by atoms with E-state index in [0.29, 0.717) is 18.4 Å². The highest BCUT2D eigenvalue weighted by Gasteiger charge is 2.20. The van der Waals surface area contributed by atoms with Crippen LogP contribution in [0.3, 0.4) is 0 Å². The number of allylic oxidation sites excluding steroid dienone is 4. The van der Waals surface area contributed by atoms with Crippen molar-refractivity contribution in [2.75, 3.05) is 7.11 Å². The van der Waals surface area contributed by atoms with Crippen LogP contribution in [0.5, 0.6) is 0 Å². The Bertz CT molecular complexity index is 437. The molecule has 5 nitrogen and oxygen atoms in total. The number of ether oxygens (including phenoxy) is 1. The van der Waals surface area contributed by atoms with Gasteiger partial charge in [-0.15, -0.1) is 0 Å². The summed E-state index contributed by atoms with van der Waals surface area (Å²) >= 11 is 0. The third kappa shape index (κ3) is 4.79. The van der Waals surface area contributed by atoms with E-state index in [0.717, 1.165) is 0 Å². The summed E-state index contributed by atoms with van der Waals surface area (Å²) in [5.41, 5.74) is 6.23. The summed E-state index contributed by atoms with van der Waals surface area (Å²) in [6.07, 6.45) is 6.40. The quantitative estimate of drug-likeness (QED) is 0.570. The molecule has 0 bridgehead atoms. The molecule has 104 valence electrons. The van der Waals surface area contributed by atoms with Crippen molar-refractivity contribution in [2.24, 2.45) is 11.7 Å². The number of nitrogens with two attached hydrogens (primary N) is 1. The second kappa shape index (κ2) is 6.99. The van der Waals surface area contributed by atoms with Gasteiger partial charge in [0.2, 0.25) is 0 Å². The van der Waals surface area contributed by atoms with Gasteiger partial charge in [-0.3, -0.25) is 14.4 Å². The summed E-state index contributed by atoms with van der Waals surface area (Å²) in [4.78, 5) is 33.7. The molecular formula is C14H19NO4. The Labute approximate surface area is 112 Å². The van der Waals surface area contributed by atoms with Crippen molar-refractivity contribution in [3.63, 3.8) is 0 Å². The topological polar surface area (TPSA) is 86.5 Å². The zero-order valence-corrected chi connectivity index (χ0v) is 11.2. The Kier molecular flexibility index (Phi) is 5.63. The number of hydrogen-bond donors (Lipinski definition) is 1. The molecule has 0 spiro atoms. The average molecular weight is 265 g/mol. The molecule has 0 amide bonds. The van der Waals surface area contributed by atoms with Crippen molar-refractivity contribution in [1.29, 1.82) is 0 Å². The molecule has 1 unspecified atom stereocenters. The van der Waals surface area contributed by atoms with Crippen LogP contribution >= 0.6 is 0 Å². The van der Waals surface area contributed by atoms with Crippen molar-refractivity contribution in [3.05, 3.63) is 23.8 Å². The smallest absolute Gasteiger partial charge is 0.322 e. The second-order valence-corrected chi connectivity index (χ2v) is 4.68. The molecule has 1 aliphatic rings. The Morgan fingerprint density at radius 3 is 2.63 bits per heavy atom. The van der Waals surface area contributed by atoms with Crippen molar-refractivity contribution >= 4 is 17.5 Å². The fraction of sp³-hybridized carbons (Fsp3) is 0.500. The maximum absolute atomic E-state index is 11.7. The highest BCUT2D eigenvalue weighted by Crippen LogP contribution is 2.21. The molecule has 0 aromatic rings. The van der Waals surface area contributed by atoms with Gasteiger partial charge in [0.25, 0.3) is 0 Å². The van der Waals surface area contributed by atoms with Crippen LogP contribution in [0.4, 0.5) is 0 Å². The zero-order valence-electron chi connectivity index (χ0n) is 11.2. The normalized spacial score (nSPS) is 19.5. The van der Waals surface area contributed by atoms with Gasteiger partial charge in [0.05, 0.1) is 13.5 Å². The van der Waals surface area contributed by atoms with E-state index in [1.165, 1.54) is 14.0 Å². The van der Waals surface area contributed by atoms with Crippen LogP contribution in [0.2, 0.25) is 0 Å². The van der Waals surface area contributed by atoms with Crippen LogP contribution in [0.15, 0.2) is 23.8 Å². The fourth-order valence-corrected chi connectivity index (χ4v) is 1.95. The number of rotatable bonds is 6. The Morgan fingerprint density at radius 1 is 1.47 bits per heavy atom. The summed E-state index contributed by atoms with van der Waals surface area (Å²) in [7, 11) is 1.30. The molecule has 0 radical (unpaired) electrons. The largest absolute Gasteiger partial charge is 0.468 e. The molecule has 0 aromatic carbocycles. The van der Waals surface area contributed by atoms with Crippen molar-refractivity contribution in [2.45, 2.75) is 32.2 Å². The van der Waals surface area contributed by atoms with Gasteiger partial charge in [0, 0.05) is 5.57 Å². The van der Waals surface area contributed by atoms with E-state index >= 15 is 0 Å². The molecule has 1 rings (SSSR count). The highest BCUT2D eigenvalue weighted by molar-refractivity contribution is 6.08. The Hall–Kier alpha value is -1.75. The van der Waals surface area contributed by atoms with Gasteiger partial charge in [0.15, 0.2) is 5.78 Å². The van der Waals surface area contributed by atoms with Crippen molar-refractivity contribution in [3.8, 4) is 0 Å². The van der Waals surface area contributed by atoms with Crippen LogP contribution in [0.1, 0.15) is 26.2 Å². The molecule has 0 fully saturated rings. The number of esters is 1. The first-order chi connectivity index (χ1) is 8.93. The predicted octanol–water partition coefficient (Wildman–Crippen LogP) is 0.927. The number of carbonyl (C=O) groups is 3. The first-order valence-corrected chi connectivity index (χ1v) is 6.18. The van der Waals surface area contributed by atoms with Gasteiger partial charge in [-0.25, -0.2) is 0 Å². The minimum atomic E-state index is -0.650. The van der Waals surface area contributed by atoms with Crippen LogP contribution in [0.25, 0.3) is 0 Å². The number of methoxy groups -OCH3 is 1. The monoisotopic (exact) mass is 265 g/mol. The molecule has 19 heavy (non-hydrogen) atoms. The molecule has 2 atom stereocenters. The minimum Gasteiger partial charge on any atom is -0.468 e. The average Bonchev–Trinajstić information content (AvgIpc) is 2.37. The minimum absolute atomic E-state index is 0.0669. The van der Waals surface area contributed by atoms with E-state index < -0.39 is 12.0 Å². The van der Waals surface area contributed by atoms with Crippen LogP contribution in [-0.4, -0.2) is 30.7 Å². The first-order valence-electron chi connectivity index (χ1n) is 6.18. The van der Waals surface area contributed by atoms with E-state index in [1.807, 2.05) is 6.08 Å². The van der Waals surface area contributed by atoms with Gasteiger partial charge in [-0.1, -0.05) is 18.2 Å². The summed E-state index contributed by atoms with van der Waals surface area (Å²) in [5, 5.41) is 0. The van der Waals surface area contributed by atoms with E-state index in [9.17, 15) is 14.4 Å². The van der Waals surface area contributed by atoms with Crippen LogP contribution in [-0.2, 0) is 19.1 Å². The van der Waals surface area contributed by atoms with Gasteiger partial charge >= 0.3 is 5.97 Å². The Morgan fingerprint density at radius 2 is 2.16 bits per heavy atom. The maximum atomic E-state index is 11.7. The van der Waals surface area contributed by atoms with Crippen LogP contribution < -0.4 is 5.73 Å². The highest BCUT2D eigenvalue weighted by atomic mass is 16.5.